The molecule has 6 heteroatoms. The third-order valence-electron chi connectivity index (χ3n) is 4.19. The summed E-state index contributed by atoms with van der Waals surface area (Å²) in [5.74, 6) is 0.476. The Morgan fingerprint density at radius 3 is 2.65 bits per heavy atom. The number of hydrogen-bond donors (Lipinski definition) is 1. The number of anilines is 1. The number of fused-ring (bicyclic) bond motifs is 1. The van der Waals surface area contributed by atoms with Crippen molar-refractivity contribution in [2.45, 2.75) is 32.4 Å². The van der Waals surface area contributed by atoms with Gasteiger partial charge in [0, 0.05) is 24.4 Å². The number of halogens is 1. The lowest BCUT2D eigenvalue weighted by Crippen LogP contribution is -2.42. The Morgan fingerprint density at radius 1 is 1.15 bits per heavy atom. The number of carbonyl (C=O) groups excluding carboxylic acids is 2. The lowest BCUT2D eigenvalue weighted by Gasteiger charge is -2.33. The van der Waals surface area contributed by atoms with Crippen LogP contribution in [0.2, 0.25) is 5.02 Å². The van der Waals surface area contributed by atoms with Gasteiger partial charge in [-0.3, -0.25) is 9.59 Å². The predicted octanol–water partition coefficient (Wildman–Crippen LogP) is 3.55. The Labute approximate surface area is 157 Å². The maximum absolute atomic E-state index is 12.6. The highest BCUT2D eigenvalue weighted by Crippen LogP contribution is 2.33. The van der Waals surface area contributed by atoms with Gasteiger partial charge in [0.15, 0.2) is 0 Å². The fourth-order valence-corrected chi connectivity index (χ4v) is 3.00. The summed E-state index contributed by atoms with van der Waals surface area (Å²) in [6, 6.07) is 14.7. The normalized spacial score (nSPS) is 15.8. The third kappa shape index (κ3) is 4.55. The van der Waals surface area contributed by atoms with E-state index in [1.54, 1.807) is 17.0 Å². The Bertz CT molecular complexity index is 792. The molecule has 26 heavy (non-hydrogen) atoms. The summed E-state index contributed by atoms with van der Waals surface area (Å²) in [6.07, 6.45) is 0.237. The van der Waals surface area contributed by atoms with Crippen molar-refractivity contribution in [2.75, 3.05) is 11.4 Å². The highest BCUT2D eigenvalue weighted by molar-refractivity contribution is 6.30. The van der Waals surface area contributed by atoms with E-state index in [2.05, 4.69) is 5.32 Å². The first kappa shape index (κ1) is 18.3. The molecule has 1 aliphatic heterocycles. The van der Waals surface area contributed by atoms with E-state index in [4.69, 9.17) is 16.3 Å². The van der Waals surface area contributed by atoms with Gasteiger partial charge in [0.2, 0.25) is 11.8 Å². The molecule has 0 aromatic heterocycles. The molecule has 0 saturated heterocycles. The minimum Gasteiger partial charge on any atom is -0.487 e. The van der Waals surface area contributed by atoms with E-state index in [1.807, 2.05) is 43.3 Å². The van der Waals surface area contributed by atoms with E-state index in [1.165, 1.54) is 0 Å². The second-order valence-electron chi connectivity index (χ2n) is 6.30. The summed E-state index contributed by atoms with van der Waals surface area (Å²) < 4.78 is 5.75. The van der Waals surface area contributed by atoms with E-state index in [9.17, 15) is 9.59 Å². The fraction of sp³-hybridized carbons (Fsp3) is 0.300. The van der Waals surface area contributed by atoms with Crippen molar-refractivity contribution in [3.63, 3.8) is 0 Å². The summed E-state index contributed by atoms with van der Waals surface area (Å²) in [7, 11) is 0. The molecule has 0 fully saturated rings. The van der Waals surface area contributed by atoms with Crippen LogP contribution in [0.1, 0.15) is 25.3 Å². The maximum Gasteiger partial charge on any atom is 0.227 e. The van der Waals surface area contributed by atoms with Gasteiger partial charge < -0.3 is 15.0 Å². The van der Waals surface area contributed by atoms with Crippen LogP contribution in [-0.4, -0.2) is 24.5 Å². The van der Waals surface area contributed by atoms with Gasteiger partial charge >= 0.3 is 0 Å². The van der Waals surface area contributed by atoms with Crippen LogP contribution >= 0.6 is 11.6 Å². The molecule has 0 aliphatic carbocycles. The highest BCUT2D eigenvalue weighted by atomic mass is 35.5. The van der Waals surface area contributed by atoms with E-state index in [0.717, 1.165) is 11.3 Å². The Kier molecular flexibility index (Phi) is 5.78. The number of carbonyl (C=O) groups is 2. The van der Waals surface area contributed by atoms with Crippen LogP contribution in [0.3, 0.4) is 0 Å². The molecule has 0 spiro atoms. The maximum atomic E-state index is 12.6. The quantitative estimate of drug-likeness (QED) is 0.873. The average Bonchev–Trinajstić information content (AvgIpc) is 2.65. The number of rotatable bonds is 5. The van der Waals surface area contributed by atoms with E-state index < -0.39 is 0 Å². The smallest absolute Gasteiger partial charge is 0.227 e. The topological polar surface area (TPSA) is 58.6 Å². The fourth-order valence-electron chi connectivity index (χ4n) is 2.87. The zero-order chi connectivity index (χ0) is 18.5. The minimum absolute atomic E-state index is 0.0748. The predicted molar refractivity (Wildman–Crippen MR) is 101 cm³/mol. The minimum atomic E-state index is -0.150. The van der Waals surface area contributed by atoms with E-state index in [-0.39, 0.29) is 30.8 Å². The number of benzene rings is 2. The van der Waals surface area contributed by atoms with Crippen molar-refractivity contribution in [3.05, 3.63) is 59.1 Å². The summed E-state index contributed by atoms with van der Waals surface area (Å²) in [5, 5.41) is 3.49. The SMILES string of the molecule is C[C@H]1CN(C(=O)CCC(=O)NCc2ccc(Cl)cc2)c2ccccc2O1. The first-order valence-corrected chi connectivity index (χ1v) is 8.98. The van der Waals surface area contributed by atoms with Crippen LogP contribution in [0.4, 0.5) is 5.69 Å². The number of para-hydroxylation sites is 2. The molecule has 2 aromatic carbocycles. The van der Waals surface area contributed by atoms with Crippen LogP contribution in [0.15, 0.2) is 48.5 Å². The summed E-state index contributed by atoms with van der Waals surface area (Å²) >= 11 is 5.84. The van der Waals surface area contributed by atoms with Crippen molar-refractivity contribution in [3.8, 4) is 5.75 Å². The molecular weight excluding hydrogens is 352 g/mol. The third-order valence-corrected chi connectivity index (χ3v) is 4.45. The molecule has 2 amide bonds. The Hall–Kier alpha value is -2.53. The molecular formula is C20H21ClN2O3. The Morgan fingerprint density at radius 2 is 1.88 bits per heavy atom. The number of hydrogen-bond acceptors (Lipinski definition) is 3. The van der Waals surface area contributed by atoms with Crippen molar-refractivity contribution in [1.82, 2.24) is 5.32 Å². The van der Waals surface area contributed by atoms with Gasteiger partial charge in [-0.1, -0.05) is 35.9 Å². The van der Waals surface area contributed by atoms with Crippen molar-refractivity contribution in [2.24, 2.45) is 0 Å². The number of nitrogens with zero attached hydrogens (tertiary/aromatic N) is 1. The molecule has 1 atom stereocenters. The molecule has 3 rings (SSSR count). The number of amides is 2. The summed E-state index contributed by atoms with van der Waals surface area (Å²) in [5.41, 5.74) is 1.72. The standard InChI is InChI=1S/C20H21ClN2O3/c1-14-13-23(17-4-2-3-5-18(17)26-14)20(25)11-10-19(24)22-12-15-6-8-16(21)9-7-15/h2-9,14H,10-13H2,1H3,(H,22,24)/t14-/m0/s1. The molecule has 0 unspecified atom stereocenters. The molecule has 0 bridgehead atoms. The van der Waals surface area contributed by atoms with Gasteiger partial charge in [0.05, 0.1) is 12.2 Å². The van der Waals surface area contributed by atoms with Gasteiger partial charge in [-0.2, -0.15) is 0 Å². The van der Waals surface area contributed by atoms with Gasteiger partial charge in [0.1, 0.15) is 11.9 Å². The van der Waals surface area contributed by atoms with Gasteiger partial charge in [-0.05, 0) is 36.8 Å². The Balaban J connectivity index is 1.52. The van der Waals surface area contributed by atoms with Gasteiger partial charge in [0.25, 0.3) is 0 Å². The molecule has 1 N–H and O–H groups in total. The average molecular weight is 373 g/mol. The van der Waals surface area contributed by atoms with Crippen molar-refractivity contribution in [1.29, 1.82) is 0 Å². The molecule has 136 valence electrons. The van der Waals surface area contributed by atoms with Crippen molar-refractivity contribution < 1.29 is 14.3 Å². The van der Waals surface area contributed by atoms with Gasteiger partial charge in [-0.15, -0.1) is 0 Å². The summed E-state index contributed by atoms with van der Waals surface area (Å²) in [6.45, 7) is 2.83. The van der Waals surface area contributed by atoms with Crippen LogP contribution in [0.25, 0.3) is 0 Å². The monoisotopic (exact) mass is 372 g/mol. The molecule has 5 nitrogen and oxygen atoms in total. The van der Waals surface area contributed by atoms with Gasteiger partial charge in [-0.25, -0.2) is 0 Å². The second-order valence-corrected chi connectivity index (χ2v) is 6.74. The highest BCUT2D eigenvalue weighted by Gasteiger charge is 2.27. The zero-order valence-electron chi connectivity index (χ0n) is 14.6. The number of nitrogens with one attached hydrogen (secondary N) is 1. The molecule has 2 aromatic rings. The summed E-state index contributed by atoms with van der Waals surface area (Å²) in [4.78, 5) is 26.4. The number of ether oxygens (including phenoxy) is 1. The first-order valence-electron chi connectivity index (χ1n) is 8.60. The van der Waals surface area contributed by atoms with E-state index >= 15 is 0 Å². The molecule has 0 saturated carbocycles. The van der Waals surface area contributed by atoms with Crippen LogP contribution < -0.4 is 15.0 Å². The van der Waals surface area contributed by atoms with E-state index in [0.29, 0.717) is 23.9 Å². The van der Waals surface area contributed by atoms with Crippen LogP contribution in [-0.2, 0) is 16.1 Å². The van der Waals surface area contributed by atoms with Crippen molar-refractivity contribution >= 4 is 29.1 Å². The molecule has 0 radical (unpaired) electrons. The largest absolute Gasteiger partial charge is 0.487 e. The molecule has 1 heterocycles. The van der Waals surface area contributed by atoms with Crippen LogP contribution in [0, 0.1) is 0 Å². The lowest BCUT2D eigenvalue weighted by molar-refractivity contribution is -0.125. The zero-order valence-corrected chi connectivity index (χ0v) is 15.3. The molecule has 1 aliphatic rings. The first-order chi connectivity index (χ1) is 12.5. The lowest BCUT2D eigenvalue weighted by atomic mass is 10.1. The second kappa shape index (κ2) is 8.23. The van der Waals surface area contributed by atoms with Crippen LogP contribution in [0.5, 0.6) is 5.75 Å².